The number of aromatic nitrogens is 2. The molecule has 0 aromatic carbocycles. The van der Waals surface area contributed by atoms with Crippen molar-refractivity contribution in [1.29, 1.82) is 0 Å². The maximum atomic E-state index is 6.46. The normalized spacial score (nSPS) is 27.0. The number of hydrogen-bond donors (Lipinski definition) is 1. The van der Waals surface area contributed by atoms with Gasteiger partial charge in [0, 0.05) is 25.3 Å². The van der Waals surface area contributed by atoms with Crippen molar-refractivity contribution in [2.45, 2.75) is 58.0 Å². The van der Waals surface area contributed by atoms with Gasteiger partial charge >= 0.3 is 0 Å². The smallest absolute Gasteiger partial charge is 0.0948 e. The lowest BCUT2D eigenvalue weighted by Crippen LogP contribution is -2.28. The van der Waals surface area contributed by atoms with E-state index in [4.69, 9.17) is 10.5 Å². The van der Waals surface area contributed by atoms with Crippen LogP contribution in [-0.4, -0.2) is 22.8 Å². The molecule has 0 bridgehead atoms. The molecule has 20 heavy (non-hydrogen) atoms. The second-order valence-electron chi connectivity index (χ2n) is 6.66. The Morgan fingerprint density at radius 3 is 2.95 bits per heavy atom. The third-order valence-electron chi connectivity index (χ3n) is 5.48. The summed E-state index contributed by atoms with van der Waals surface area (Å²) >= 11 is 0. The first kappa shape index (κ1) is 14.1. The molecule has 0 amide bonds. The summed E-state index contributed by atoms with van der Waals surface area (Å²) in [5.41, 5.74) is 8.13. The van der Waals surface area contributed by atoms with Crippen LogP contribution in [0.5, 0.6) is 0 Å². The molecule has 1 aromatic rings. The monoisotopic (exact) mass is 277 g/mol. The van der Waals surface area contributed by atoms with Gasteiger partial charge in [-0.3, -0.25) is 0 Å². The summed E-state index contributed by atoms with van der Waals surface area (Å²) in [6, 6.07) is 0.0651. The Bertz CT molecular complexity index is 431. The first-order chi connectivity index (χ1) is 9.74. The van der Waals surface area contributed by atoms with Gasteiger partial charge in [0.1, 0.15) is 0 Å². The highest BCUT2D eigenvalue weighted by Crippen LogP contribution is 2.43. The second kappa shape index (κ2) is 5.86. The van der Waals surface area contributed by atoms with Gasteiger partial charge in [0.15, 0.2) is 0 Å². The number of nitrogens with two attached hydrogens (primary N) is 1. The molecule has 2 heterocycles. The zero-order chi connectivity index (χ0) is 14.0. The first-order valence-electron chi connectivity index (χ1n) is 8.07. The predicted molar refractivity (Wildman–Crippen MR) is 79.3 cm³/mol. The van der Waals surface area contributed by atoms with Crippen LogP contribution in [0.25, 0.3) is 0 Å². The topological polar surface area (TPSA) is 53.1 Å². The molecule has 0 radical (unpaired) electrons. The van der Waals surface area contributed by atoms with Crippen molar-refractivity contribution in [2.75, 3.05) is 13.2 Å². The summed E-state index contributed by atoms with van der Waals surface area (Å²) in [5, 5.41) is 0. The standard InChI is InChI=1S/C16H27N3O/c1-2-16(6-3-4-7-16)11-19-12-18-9-14(19)15(17)13-5-8-20-10-13/h9,12-13,15H,2-8,10-11,17H2,1H3. The van der Waals surface area contributed by atoms with Crippen molar-refractivity contribution < 1.29 is 4.74 Å². The van der Waals surface area contributed by atoms with Gasteiger partial charge in [-0.05, 0) is 31.1 Å². The number of ether oxygens (including phenoxy) is 1. The molecule has 1 aliphatic heterocycles. The minimum Gasteiger partial charge on any atom is -0.381 e. The van der Waals surface area contributed by atoms with Gasteiger partial charge in [0.05, 0.1) is 24.7 Å². The Kier molecular flexibility index (Phi) is 4.13. The number of rotatable bonds is 5. The molecular formula is C16H27N3O. The molecule has 1 saturated heterocycles. The summed E-state index contributed by atoms with van der Waals surface area (Å²) in [5.74, 6) is 0.451. The Labute approximate surface area is 121 Å². The highest BCUT2D eigenvalue weighted by molar-refractivity contribution is 5.08. The quantitative estimate of drug-likeness (QED) is 0.900. The van der Waals surface area contributed by atoms with Crippen LogP contribution in [-0.2, 0) is 11.3 Å². The molecule has 2 atom stereocenters. The first-order valence-corrected chi connectivity index (χ1v) is 8.07. The molecule has 4 heteroatoms. The van der Waals surface area contributed by atoms with E-state index in [0.717, 1.165) is 26.2 Å². The minimum atomic E-state index is 0.0651. The average molecular weight is 277 g/mol. The van der Waals surface area contributed by atoms with Crippen LogP contribution in [0.4, 0.5) is 0 Å². The Morgan fingerprint density at radius 1 is 1.50 bits per heavy atom. The maximum absolute atomic E-state index is 6.46. The van der Waals surface area contributed by atoms with E-state index in [-0.39, 0.29) is 6.04 Å². The Balaban J connectivity index is 1.75. The largest absolute Gasteiger partial charge is 0.381 e. The third-order valence-corrected chi connectivity index (χ3v) is 5.48. The molecule has 1 aliphatic carbocycles. The molecule has 3 rings (SSSR count). The molecule has 4 nitrogen and oxygen atoms in total. The van der Waals surface area contributed by atoms with Crippen LogP contribution < -0.4 is 5.73 Å². The summed E-state index contributed by atoms with van der Waals surface area (Å²) in [6.45, 7) is 5.06. The van der Waals surface area contributed by atoms with Gasteiger partial charge in [-0.25, -0.2) is 4.98 Å². The van der Waals surface area contributed by atoms with E-state index in [0.29, 0.717) is 11.3 Å². The molecule has 1 aromatic heterocycles. The van der Waals surface area contributed by atoms with Crippen LogP contribution in [0, 0.1) is 11.3 Å². The third kappa shape index (κ3) is 2.63. The van der Waals surface area contributed by atoms with Gasteiger partial charge in [0.2, 0.25) is 0 Å². The van der Waals surface area contributed by atoms with E-state index in [9.17, 15) is 0 Å². The zero-order valence-corrected chi connectivity index (χ0v) is 12.6. The fraction of sp³-hybridized carbons (Fsp3) is 0.812. The second-order valence-corrected chi connectivity index (χ2v) is 6.66. The number of hydrogen-bond acceptors (Lipinski definition) is 3. The van der Waals surface area contributed by atoms with Crippen LogP contribution >= 0.6 is 0 Å². The van der Waals surface area contributed by atoms with Crippen LogP contribution in [0.3, 0.4) is 0 Å². The van der Waals surface area contributed by atoms with E-state index in [1.807, 2.05) is 12.5 Å². The van der Waals surface area contributed by atoms with Crippen molar-refractivity contribution in [2.24, 2.45) is 17.1 Å². The highest BCUT2D eigenvalue weighted by Gasteiger charge is 2.34. The minimum absolute atomic E-state index is 0.0651. The Hall–Kier alpha value is -0.870. The summed E-state index contributed by atoms with van der Waals surface area (Å²) in [6.07, 6.45) is 11.7. The average Bonchev–Trinajstić information content (AvgIpc) is 3.21. The highest BCUT2D eigenvalue weighted by atomic mass is 16.5. The van der Waals surface area contributed by atoms with Crippen molar-refractivity contribution >= 4 is 0 Å². The number of nitrogens with zero attached hydrogens (tertiary/aromatic N) is 2. The summed E-state index contributed by atoms with van der Waals surface area (Å²) in [4.78, 5) is 4.36. The SMILES string of the molecule is CCC1(Cn2cncc2C(N)C2CCOC2)CCCC1. The van der Waals surface area contributed by atoms with Crippen molar-refractivity contribution in [1.82, 2.24) is 9.55 Å². The fourth-order valence-electron chi connectivity index (χ4n) is 3.93. The zero-order valence-electron chi connectivity index (χ0n) is 12.6. The van der Waals surface area contributed by atoms with Gasteiger partial charge in [-0.1, -0.05) is 19.8 Å². The van der Waals surface area contributed by atoms with E-state index in [1.54, 1.807) is 0 Å². The molecule has 2 N–H and O–H groups in total. The molecule has 0 spiro atoms. The fourth-order valence-corrected chi connectivity index (χ4v) is 3.93. The van der Waals surface area contributed by atoms with Gasteiger partial charge in [-0.2, -0.15) is 0 Å². The predicted octanol–water partition coefficient (Wildman–Crippen LogP) is 2.89. The lowest BCUT2D eigenvalue weighted by atomic mass is 9.83. The summed E-state index contributed by atoms with van der Waals surface area (Å²) < 4.78 is 7.80. The van der Waals surface area contributed by atoms with E-state index in [2.05, 4.69) is 16.5 Å². The lowest BCUT2D eigenvalue weighted by molar-refractivity contribution is 0.179. The molecule has 2 fully saturated rings. The Morgan fingerprint density at radius 2 is 2.30 bits per heavy atom. The van der Waals surface area contributed by atoms with E-state index < -0.39 is 0 Å². The van der Waals surface area contributed by atoms with Crippen molar-refractivity contribution in [3.63, 3.8) is 0 Å². The van der Waals surface area contributed by atoms with Gasteiger partial charge < -0.3 is 15.0 Å². The molecule has 112 valence electrons. The van der Waals surface area contributed by atoms with Gasteiger partial charge in [0.25, 0.3) is 0 Å². The van der Waals surface area contributed by atoms with Crippen LogP contribution in [0.1, 0.15) is 57.2 Å². The van der Waals surface area contributed by atoms with E-state index >= 15 is 0 Å². The van der Waals surface area contributed by atoms with E-state index in [1.165, 1.54) is 37.8 Å². The summed E-state index contributed by atoms with van der Waals surface area (Å²) in [7, 11) is 0. The van der Waals surface area contributed by atoms with Crippen LogP contribution in [0.15, 0.2) is 12.5 Å². The van der Waals surface area contributed by atoms with Crippen molar-refractivity contribution in [3.05, 3.63) is 18.2 Å². The molecular weight excluding hydrogens is 250 g/mol. The molecule has 2 aliphatic rings. The van der Waals surface area contributed by atoms with Crippen molar-refractivity contribution in [3.8, 4) is 0 Å². The van der Waals surface area contributed by atoms with Gasteiger partial charge in [-0.15, -0.1) is 0 Å². The maximum Gasteiger partial charge on any atom is 0.0948 e. The lowest BCUT2D eigenvalue weighted by Gasteiger charge is -2.30. The van der Waals surface area contributed by atoms with Crippen LogP contribution in [0.2, 0.25) is 0 Å². The number of imidazole rings is 1. The molecule has 2 unspecified atom stereocenters. The molecule has 1 saturated carbocycles.